The van der Waals surface area contributed by atoms with Crippen molar-refractivity contribution in [2.45, 2.75) is 45.1 Å². The highest BCUT2D eigenvalue weighted by molar-refractivity contribution is 5.83. The van der Waals surface area contributed by atoms with E-state index in [2.05, 4.69) is 0 Å². The SMILES string of the molecule is CCOC(=O)/C=C1\[C@H]2OC(C)(C)O[C@H]2O[C@@H]1CO. The van der Waals surface area contributed by atoms with Crippen LogP contribution in [0, 0.1) is 0 Å². The Morgan fingerprint density at radius 1 is 1.50 bits per heavy atom. The Morgan fingerprint density at radius 2 is 2.22 bits per heavy atom. The summed E-state index contributed by atoms with van der Waals surface area (Å²) in [6.07, 6.45) is -0.320. The van der Waals surface area contributed by atoms with Gasteiger partial charge in [-0.25, -0.2) is 4.79 Å². The van der Waals surface area contributed by atoms with E-state index < -0.39 is 30.3 Å². The molecule has 6 heteroatoms. The molecule has 18 heavy (non-hydrogen) atoms. The summed E-state index contributed by atoms with van der Waals surface area (Å²) in [6, 6.07) is 0. The molecule has 2 saturated heterocycles. The quantitative estimate of drug-likeness (QED) is 0.581. The first-order chi connectivity index (χ1) is 8.46. The maximum Gasteiger partial charge on any atom is 0.330 e. The zero-order valence-electron chi connectivity index (χ0n) is 10.7. The molecule has 2 rings (SSSR count). The first-order valence-electron chi connectivity index (χ1n) is 5.97. The number of aliphatic hydroxyl groups excluding tert-OH is 1. The molecule has 0 unspecified atom stereocenters. The van der Waals surface area contributed by atoms with Crippen LogP contribution in [0.2, 0.25) is 0 Å². The first-order valence-corrected chi connectivity index (χ1v) is 5.97. The summed E-state index contributed by atoms with van der Waals surface area (Å²) in [6.45, 7) is 5.33. The molecule has 0 spiro atoms. The van der Waals surface area contributed by atoms with Gasteiger partial charge < -0.3 is 24.1 Å². The molecule has 102 valence electrons. The maximum atomic E-state index is 11.5. The summed E-state index contributed by atoms with van der Waals surface area (Å²) in [7, 11) is 0. The van der Waals surface area contributed by atoms with Gasteiger partial charge in [0.1, 0.15) is 12.2 Å². The Bertz CT molecular complexity index is 362. The van der Waals surface area contributed by atoms with Crippen LogP contribution < -0.4 is 0 Å². The van der Waals surface area contributed by atoms with Crippen molar-refractivity contribution >= 4 is 5.97 Å². The predicted octanol–water partition coefficient (Wildman–Crippen LogP) is 0.345. The molecule has 2 aliphatic rings. The molecule has 0 aliphatic carbocycles. The van der Waals surface area contributed by atoms with Gasteiger partial charge in [-0.3, -0.25) is 0 Å². The van der Waals surface area contributed by atoms with Crippen molar-refractivity contribution in [2.75, 3.05) is 13.2 Å². The lowest BCUT2D eigenvalue weighted by molar-refractivity contribution is -0.202. The summed E-state index contributed by atoms with van der Waals surface area (Å²) < 4.78 is 21.5. The molecule has 0 aromatic heterocycles. The van der Waals surface area contributed by atoms with Crippen LogP contribution in [0.5, 0.6) is 0 Å². The van der Waals surface area contributed by atoms with Crippen LogP contribution in [0.15, 0.2) is 11.6 Å². The van der Waals surface area contributed by atoms with E-state index in [9.17, 15) is 9.90 Å². The average Bonchev–Trinajstić information content (AvgIpc) is 2.72. The van der Waals surface area contributed by atoms with Crippen molar-refractivity contribution < 1.29 is 28.8 Å². The molecule has 3 atom stereocenters. The summed E-state index contributed by atoms with van der Waals surface area (Å²) in [5.41, 5.74) is 0.562. The van der Waals surface area contributed by atoms with E-state index in [1.54, 1.807) is 20.8 Å². The molecule has 6 nitrogen and oxygen atoms in total. The number of hydrogen-bond donors (Lipinski definition) is 1. The summed E-state index contributed by atoms with van der Waals surface area (Å²) >= 11 is 0. The minimum absolute atomic E-state index is 0.231. The monoisotopic (exact) mass is 258 g/mol. The van der Waals surface area contributed by atoms with Gasteiger partial charge >= 0.3 is 5.97 Å². The molecule has 1 N–H and O–H groups in total. The Morgan fingerprint density at radius 3 is 2.83 bits per heavy atom. The van der Waals surface area contributed by atoms with Gasteiger partial charge in [0.2, 0.25) is 0 Å². The van der Waals surface area contributed by atoms with Gasteiger partial charge in [-0.1, -0.05) is 0 Å². The van der Waals surface area contributed by atoms with E-state index in [1.807, 2.05) is 0 Å². The summed E-state index contributed by atoms with van der Waals surface area (Å²) in [5.74, 6) is -1.23. The Kier molecular flexibility index (Phi) is 3.72. The van der Waals surface area contributed by atoms with Crippen LogP contribution >= 0.6 is 0 Å². The van der Waals surface area contributed by atoms with Crippen LogP contribution in [-0.4, -0.2) is 48.6 Å². The normalized spacial score (nSPS) is 35.8. The fourth-order valence-corrected chi connectivity index (χ4v) is 2.12. The largest absolute Gasteiger partial charge is 0.463 e. The van der Waals surface area contributed by atoms with Gasteiger partial charge in [0.15, 0.2) is 12.1 Å². The van der Waals surface area contributed by atoms with Gasteiger partial charge in [-0.2, -0.15) is 0 Å². The lowest BCUT2D eigenvalue weighted by Gasteiger charge is -2.20. The third kappa shape index (κ3) is 2.56. The molecule has 2 fully saturated rings. The van der Waals surface area contributed by atoms with Crippen LogP contribution in [-0.2, 0) is 23.7 Å². The first kappa shape index (κ1) is 13.5. The second-order valence-corrected chi connectivity index (χ2v) is 4.63. The van der Waals surface area contributed by atoms with E-state index >= 15 is 0 Å². The van der Waals surface area contributed by atoms with Crippen molar-refractivity contribution in [1.82, 2.24) is 0 Å². The topological polar surface area (TPSA) is 74.2 Å². The maximum absolute atomic E-state index is 11.5. The van der Waals surface area contributed by atoms with E-state index in [0.717, 1.165) is 0 Å². The average molecular weight is 258 g/mol. The van der Waals surface area contributed by atoms with Gasteiger partial charge in [0.05, 0.1) is 13.2 Å². The molecule has 0 saturated carbocycles. The van der Waals surface area contributed by atoms with Crippen LogP contribution in [0.25, 0.3) is 0 Å². The van der Waals surface area contributed by atoms with Crippen LogP contribution in [0.4, 0.5) is 0 Å². The molecule has 2 heterocycles. The van der Waals surface area contributed by atoms with E-state index in [4.69, 9.17) is 18.9 Å². The second-order valence-electron chi connectivity index (χ2n) is 4.63. The number of hydrogen-bond acceptors (Lipinski definition) is 6. The second kappa shape index (κ2) is 4.97. The third-order valence-corrected chi connectivity index (χ3v) is 2.79. The minimum atomic E-state index is -0.760. The van der Waals surface area contributed by atoms with Crippen LogP contribution in [0.1, 0.15) is 20.8 Å². The number of aliphatic hydroxyl groups is 1. The molecule has 0 amide bonds. The van der Waals surface area contributed by atoms with Gasteiger partial charge in [-0.15, -0.1) is 0 Å². The number of carbonyl (C=O) groups is 1. The minimum Gasteiger partial charge on any atom is -0.463 e. The number of fused-ring (bicyclic) bond motifs is 1. The highest BCUT2D eigenvalue weighted by Crippen LogP contribution is 2.40. The molecular weight excluding hydrogens is 240 g/mol. The lowest BCUT2D eigenvalue weighted by Crippen LogP contribution is -2.27. The van der Waals surface area contributed by atoms with Crippen molar-refractivity contribution in [3.63, 3.8) is 0 Å². The molecule has 0 aromatic carbocycles. The van der Waals surface area contributed by atoms with E-state index in [1.165, 1.54) is 6.08 Å². The number of rotatable bonds is 3. The molecule has 0 radical (unpaired) electrons. The highest BCUT2D eigenvalue weighted by atomic mass is 16.8. The highest BCUT2D eigenvalue weighted by Gasteiger charge is 2.51. The zero-order chi connectivity index (χ0) is 13.3. The van der Waals surface area contributed by atoms with E-state index in [0.29, 0.717) is 12.2 Å². The lowest BCUT2D eigenvalue weighted by atomic mass is 10.1. The Balaban J connectivity index is 2.17. The number of esters is 1. The summed E-state index contributed by atoms with van der Waals surface area (Å²) in [5, 5.41) is 9.24. The molecular formula is C12H18O6. The fourth-order valence-electron chi connectivity index (χ4n) is 2.12. The van der Waals surface area contributed by atoms with Crippen molar-refractivity contribution in [1.29, 1.82) is 0 Å². The number of carbonyl (C=O) groups excluding carboxylic acids is 1. The predicted molar refractivity (Wildman–Crippen MR) is 60.5 cm³/mol. The van der Waals surface area contributed by atoms with Crippen molar-refractivity contribution in [2.24, 2.45) is 0 Å². The Hall–Kier alpha value is -0.950. The summed E-state index contributed by atoms with van der Waals surface area (Å²) in [4.78, 5) is 11.5. The standard InChI is InChI=1S/C12H18O6/c1-4-15-9(14)5-7-8(6-13)16-11-10(7)17-12(2,3)18-11/h5,8,10-11,13H,4,6H2,1-3H3/b7-5-/t8-,10-,11-/m1/s1. The van der Waals surface area contributed by atoms with Crippen molar-refractivity contribution in [3.05, 3.63) is 11.6 Å². The molecule has 2 aliphatic heterocycles. The fraction of sp³-hybridized carbons (Fsp3) is 0.750. The van der Waals surface area contributed by atoms with Gasteiger partial charge in [0.25, 0.3) is 0 Å². The number of ether oxygens (including phenoxy) is 4. The van der Waals surface area contributed by atoms with E-state index in [-0.39, 0.29) is 6.61 Å². The van der Waals surface area contributed by atoms with Crippen LogP contribution in [0.3, 0.4) is 0 Å². The van der Waals surface area contributed by atoms with Gasteiger partial charge in [-0.05, 0) is 20.8 Å². The van der Waals surface area contributed by atoms with Crippen molar-refractivity contribution in [3.8, 4) is 0 Å². The molecule has 0 bridgehead atoms. The molecule has 0 aromatic rings. The Labute approximate surface area is 105 Å². The third-order valence-electron chi connectivity index (χ3n) is 2.79. The smallest absolute Gasteiger partial charge is 0.330 e. The zero-order valence-corrected chi connectivity index (χ0v) is 10.7. The van der Waals surface area contributed by atoms with Gasteiger partial charge in [0, 0.05) is 11.6 Å².